The maximum absolute atomic E-state index is 11.8. The molecule has 0 spiro atoms. The highest BCUT2D eigenvalue weighted by molar-refractivity contribution is 7.11. The largest absolute Gasteiger partial charge is 0.383 e. The Balaban J connectivity index is 0.00000256. The van der Waals surface area contributed by atoms with Crippen LogP contribution in [0.15, 0.2) is 12.1 Å². The van der Waals surface area contributed by atoms with Gasteiger partial charge < -0.3 is 15.4 Å². The highest BCUT2D eigenvalue weighted by atomic mass is 35.5. The molecule has 1 unspecified atom stereocenters. The van der Waals surface area contributed by atoms with Crippen molar-refractivity contribution in [1.82, 2.24) is 4.90 Å². The summed E-state index contributed by atoms with van der Waals surface area (Å²) < 4.78 is 4.86. The molecule has 17 heavy (non-hydrogen) atoms. The number of nitrogens with zero attached hydrogens (tertiary/aromatic N) is 1. The van der Waals surface area contributed by atoms with Gasteiger partial charge in [-0.2, -0.15) is 0 Å². The number of likely N-dealkylation sites (N-methyl/N-ethyl adjacent to an activating group) is 1. The fourth-order valence-corrected chi connectivity index (χ4v) is 2.36. The summed E-state index contributed by atoms with van der Waals surface area (Å²) in [6, 6.07) is 3.51. The van der Waals surface area contributed by atoms with Crippen LogP contribution >= 0.6 is 23.7 Å². The molecule has 98 valence electrons. The van der Waals surface area contributed by atoms with E-state index in [0.29, 0.717) is 6.54 Å². The molecule has 0 radical (unpaired) electrons. The van der Waals surface area contributed by atoms with E-state index in [-0.39, 0.29) is 24.9 Å². The van der Waals surface area contributed by atoms with Gasteiger partial charge in [0.25, 0.3) is 0 Å². The third-order valence-corrected chi connectivity index (χ3v) is 3.21. The Bertz CT molecular complexity index is 357. The number of carbonyl (C=O) groups excluding carboxylic acids is 1. The number of hydrogen-bond acceptors (Lipinski definition) is 4. The zero-order valence-corrected chi connectivity index (χ0v) is 11.9. The van der Waals surface area contributed by atoms with Crippen LogP contribution in [0.3, 0.4) is 0 Å². The predicted molar refractivity (Wildman–Crippen MR) is 72.6 cm³/mol. The van der Waals surface area contributed by atoms with Crippen LogP contribution in [0.1, 0.15) is 9.75 Å². The molecule has 1 rings (SSSR count). The van der Waals surface area contributed by atoms with Crippen LogP contribution in [0.5, 0.6) is 0 Å². The lowest BCUT2D eigenvalue weighted by molar-refractivity contribution is -0.132. The number of methoxy groups -OCH3 is 1. The third kappa shape index (κ3) is 5.04. The van der Waals surface area contributed by atoms with Gasteiger partial charge in [-0.15, -0.1) is 23.7 Å². The van der Waals surface area contributed by atoms with E-state index in [1.165, 1.54) is 12.0 Å². The number of amides is 1. The maximum atomic E-state index is 11.8. The van der Waals surface area contributed by atoms with Gasteiger partial charge in [0.15, 0.2) is 0 Å². The summed E-state index contributed by atoms with van der Waals surface area (Å²) in [6.45, 7) is 2.91. The summed E-state index contributed by atoms with van der Waals surface area (Å²) in [4.78, 5) is 15.8. The number of hydrogen-bond donors (Lipinski definition) is 1. The topological polar surface area (TPSA) is 55.6 Å². The van der Waals surface area contributed by atoms with Crippen molar-refractivity contribution >= 4 is 29.7 Å². The van der Waals surface area contributed by atoms with E-state index in [0.717, 1.165) is 4.88 Å². The number of rotatable bonds is 5. The molecule has 1 atom stereocenters. The highest BCUT2D eigenvalue weighted by Crippen LogP contribution is 2.16. The summed E-state index contributed by atoms with van der Waals surface area (Å²) in [6.07, 6.45) is 0. The molecule has 4 nitrogen and oxygen atoms in total. The Hall–Kier alpha value is -0.620. The number of thiophene rings is 1. The van der Waals surface area contributed by atoms with Crippen molar-refractivity contribution in [2.24, 2.45) is 5.73 Å². The van der Waals surface area contributed by atoms with Crippen molar-refractivity contribution in [2.45, 2.75) is 19.5 Å². The molecule has 0 aliphatic heterocycles. The molecule has 0 saturated carbocycles. The first-order valence-corrected chi connectivity index (χ1v) is 5.91. The van der Waals surface area contributed by atoms with Gasteiger partial charge in [-0.3, -0.25) is 4.79 Å². The second-order valence-electron chi connectivity index (χ2n) is 3.77. The standard InChI is InChI=1S/C11H18N2O2S.ClH/c1-8-4-5-9(16-8)6-13(2)11(14)10(12)7-15-3;/h4-5,10H,6-7,12H2,1-3H3;1H. The first-order valence-electron chi connectivity index (χ1n) is 5.09. The molecule has 2 N–H and O–H groups in total. The Kier molecular flexibility index (Phi) is 7.38. The van der Waals surface area contributed by atoms with Crippen molar-refractivity contribution in [3.8, 4) is 0 Å². The first kappa shape index (κ1) is 16.4. The van der Waals surface area contributed by atoms with E-state index in [1.807, 2.05) is 19.1 Å². The van der Waals surface area contributed by atoms with Crippen molar-refractivity contribution < 1.29 is 9.53 Å². The molecule has 0 fully saturated rings. The van der Waals surface area contributed by atoms with Gasteiger partial charge in [-0.1, -0.05) is 0 Å². The molecule has 0 aromatic carbocycles. The van der Waals surface area contributed by atoms with E-state index >= 15 is 0 Å². The van der Waals surface area contributed by atoms with Gasteiger partial charge in [0.2, 0.25) is 5.91 Å². The fourth-order valence-electron chi connectivity index (χ4n) is 1.42. The molecule has 1 aromatic rings. The summed E-state index contributed by atoms with van der Waals surface area (Å²) in [5.74, 6) is -0.0899. The summed E-state index contributed by atoms with van der Waals surface area (Å²) in [7, 11) is 3.29. The van der Waals surface area contributed by atoms with Crippen LogP contribution in [0.4, 0.5) is 0 Å². The molecule has 1 amide bonds. The second-order valence-corrected chi connectivity index (χ2v) is 5.14. The lowest BCUT2D eigenvalue weighted by atomic mass is 10.3. The minimum absolute atomic E-state index is 0. The quantitative estimate of drug-likeness (QED) is 0.886. The summed E-state index contributed by atoms with van der Waals surface area (Å²) in [5.41, 5.74) is 5.67. The Morgan fingerprint density at radius 2 is 2.24 bits per heavy atom. The minimum Gasteiger partial charge on any atom is -0.383 e. The number of ether oxygens (including phenoxy) is 1. The SMILES string of the molecule is COCC(N)C(=O)N(C)Cc1ccc(C)s1.Cl. The van der Waals surface area contributed by atoms with Gasteiger partial charge in [0, 0.05) is 23.9 Å². The Morgan fingerprint density at radius 1 is 1.59 bits per heavy atom. The highest BCUT2D eigenvalue weighted by Gasteiger charge is 2.18. The second kappa shape index (κ2) is 7.66. The smallest absolute Gasteiger partial charge is 0.241 e. The number of aryl methyl sites for hydroxylation is 1. The lowest BCUT2D eigenvalue weighted by Gasteiger charge is -2.20. The number of carbonyl (C=O) groups is 1. The lowest BCUT2D eigenvalue weighted by Crippen LogP contribution is -2.43. The Morgan fingerprint density at radius 3 is 2.71 bits per heavy atom. The monoisotopic (exact) mass is 278 g/mol. The van der Waals surface area contributed by atoms with Crippen LogP contribution < -0.4 is 5.73 Å². The molecule has 0 aliphatic carbocycles. The Labute approximate surface area is 112 Å². The summed E-state index contributed by atoms with van der Waals surface area (Å²) in [5, 5.41) is 0. The van der Waals surface area contributed by atoms with Crippen LogP contribution in [0.2, 0.25) is 0 Å². The molecule has 1 heterocycles. The molecule has 0 saturated heterocycles. The van der Waals surface area contributed by atoms with Crippen LogP contribution in [-0.2, 0) is 16.1 Å². The van der Waals surface area contributed by atoms with Gasteiger partial charge in [-0.25, -0.2) is 0 Å². The zero-order valence-electron chi connectivity index (χ0n) is 10.3. The van der Waals surface area contributed by atoms with Gasteiger partial charge in [0.05, 0.1) is 13.2 Å². The average molecular weight is 279 g/mol. The zero-order chi connectivity index (χ0) is 12.1. The van der Waals surface area contributed by atoms with Crippen molar-refractivity contribution in [2.75, 3.05) is 20.8 Å². The molecular weight excluding hydrogens is 260 g/mol. The first-order chi connectivity index (χ1) is 7.54. The number of nitrogens with two attached hydrogens (primary N) is 1. The molecule has 1 aromatic heterocycles. The van der Waals surface area contributed by atoms with Crippen molar-refractivity contribution in [3.05, 3.63) is 21.9 Å². The van der Waals surface area contributed by atoms with Gasteiger partial charge in [-0.05, 0) is 19.1 Å². The normalized spacial score (nSPS) is 11.8. The van der Waals surface area contributed by atoms with E-state index in [4.69, 9.17) is 10.5 Å². The van der Waals surface area contributed by atoms with E-state index in [9.17, 15) is 4.79 Å². The molecule has 0 bridgehead atoms. The van der Waals surface area contributed by atoms with E-state index < -0.39 is 6.04 Å². The van der Waals surface area contributed by atoms with Crippen LogP contribution in [0.25, 0.3) is 0 Å². The van der Waals surface area contributed by atoms with E-state index in [1.54, 1.807) is 23.3 Å². The average Bonchev–Trinajstić information content (AvgIpc) is 2.63. The molecular formula is C11H19ClN2O2S. The summed E-state index contributed by atoms with van der Waals surface area (Å²) >= 11 is 1.69. The molecule has 6 heteroatoms. The predicted octanol–water partition coefficient (Wildman–Crippen LogP) is 1.41. The van der Waals surface area contributed by atoms with Crippen molar-refractivity contribution in [1.29, 1.82) is 0 Å². The third-order valence-electron chi connectivity index (χ3n) is 2.23. The van der Waals surface area contributed by atoms with Crippen LogP contribution in [0, 0.1) is 6.92 Å². The fraction of sp³-hybridized carbons (Fsp3) is 0.545. The van der Waals surface area contributed by atoms with E-state index in [2.05, 4.69) is 0 Å². The maximum Gasteiger partial charge on any atom is 0.241 e. The van der Waals surface area contributed by atoms with Crippen LogP contribution in [-0.4, -0.2) is 37.6 Å². The van der Waals surface area contributed by atoms with Crippen molar-refractivity contribution in [3.63, 3.8) is 0 Å². The van der Waals surface area contributed by atoms with Gasteiger partial charge >= 0.3 is 0 Å². The van der Waals surface area contributed by atoms with Gasteiger partial charge in [0.1, 0.15) is 6.04 Å². The number of halogens is 1. The molecule has 0 aliphatic rings. The minimum atomic E-state index is -0.573.